The second-order valence-electron chi connectivity index (χ2n) is 11.1. The number of hydrogen-bond acceptors (Lipinski definition) is 2. The molecule has 5 aliphatic rings. The van der Waals surface area contributed by atoms with Crippen LogP contribution in [0, 0.1) is 40.9 Å². The van der Waals surface area contributed by atoms with Crippen molar-refractivity contribution >= 4 is 0 Å². The molecule has 0 bridgehead atoms. The summed E-state index contributed by atoms with van der Waals surface area (Å²) in [6.45, 7) is 0. The predicted molar refractivity (Wildman–Crippen MR) is 109 cm³/mol. The Morgan fingerprint density at radius 3 is 1.22 bits per heavy atom. The number of aliphatic hydroxyl groups is 2. The first-order valence-electron chi connectivity index (χ1n) is 12.6. The second kappa shape index (κ2) is 7.63. The molecule has 0 saturated heterocycles. The lowest BCUT2D eigenvalue weighted by molar-refractivity contribution is -0.0924. The molecular formula is C25H42O2. The Bertz CT molecular complexity index is 454. The molecule has 0 aromatic rings. The summed E-state index contributed by atoms with van der Waals surface area (Å²) in [5.41, 5.74) is 0.566. The molecule has 0 spiro atoms. The van der Waals surface area contributed by atoms with E-state index in [-0.39, 0.29) is 12.2 Å². The van der Waals surface area contributed by atoms with Crippen molar-refractivity contribution in [2.75, 3.05) is 0 Å². The van der Waals surface area contributed by atoms with Crippen LogP contribution in [0.1, 0.15) is 103 Å². The first kappa shape index (κ1) is 18.9. The molecule has 154 valence electrons. The molecule has 0 aromatic heterocycles. The summed E-state index contributed by atoms with van der Waals surface area (Å²) in [5.74, 6) is 5.70. The van der Waals surface area contributed by atoms with Gasteiger partial charge in [0.25, 0.3) is 0 Å². The van der Waals surface area contributed by atoms with Gasteiger partial charge in [-0.15, -0.1) is 0 Å². The first-order valence-corrected chi connectivity index (χ1v) is 12.6. The molecule has 2 nitrogen and oxygen atoms in total. The molecule has 5 aliphatic carbocycles. The van der Waals surface area contributed by atoms with Crippen molar-refractivity contribution in [2.24, 2.45) is 40.9 Å². The summed E-state index contributed by atoms with van der Waals surface area (Å²) in [6.07, 6.45) is 21.2. The molecule has 27 heavy (non-hydrogen) atoms. The minimum atomic E-state index is -0.0304. The normalized spacial score (nSPS) is 53.6. The smallest absolute Gasteiger partial charge is 0.0540 e. The summed E-state index contributed by atoms with van der Waals surface area (Å²) in [5, 5.41) is 20.5. The van der Waals surface area contributed by atoms with Crippen molar-refractivity contribution < 1.29 is 10.2 Å². The van der Waals surface area contributed by atoms with Gasteiger partial charge in [0.1, 0.15) is 0 Å². The third-order valence-corrected chi connectivity index (χ3v) is 10.3. The van der Waals surface area contributed by atoms with Gasteiger partial charge in [0.2, 0.25) is 0 Å². The number of rotatable bonds is 2. The van der Waals surface area contributed by atoms with E-state index in [0.717, 1.165) is 61.2 Å². The molecule has 4 unspecified atom stereocenters. The zero-order chi connectivity index (χ0) is 18.4. The molecular weight excluding hydrogens is 332 g/mol. The quantitative estimate of drug-likeness (QED) is 0.651. The van der Waals surface area contributed by atoms with Crippen LogP contribution in [0.3, 0.4) is 0 Å². The van der Waals surface area contributed by atoms with Gasteiger partial charge in [0.05, 0.1) is 12.2 Å². The number of aliphatic hydroxyl groups excluding tert-OH is 2. The van der Waals surface area contributed by atoms with Gasteiger partial charge >= 0.3 is 0 Å². The molecule has 0 aliphatic heterocycles. The van der Waals surface area contributed by atoms with E-state index in [9.17, 15) is 10.2 Å². The van der Waals surface area contributed by atoms with Crippen molar-refractivity contribution in [3.05, 3.63) is 0 Å². The van der Waals surface area contributed by atoms with Crippen LogP contribution in [-0.4, -0.2) is 22.4 Å². The molecule has 0 aromatic carbocycles. The van der Waals surface area contributed by atoms with Gasteiger partial charge in [0.15, 0.2) is 0 Å². The zero-order valence-corrected chi connectivity index (χ0v) is 17.3. The molecule has 2 heteroatoms. The van der Waals surface area contributed by atoms with E-state index in [1.807, 2.05) is 0 Å². The van der Waals surface area contributed by atoms with E-state index in [1.165, 1.54) is 77.0 Å². The maximum absolute atomic E-state index is 10.2. The maximum Gasteiger partial charge on any atom is 0.0540 e. The van der Waals surface area contributed by atoms with E-state index in [1.54, 1.807) is 0 Å². The minimum Gasteiger partial charge on any atom is -0.393 e. The first-order chi connectivity index (χ1) is 13.2. The third kappa shape index (κ3) is 3.03. The van der Waals surface area contributed by atoms with Gasteiger partial charge in [-0.2, -0.15) is 0 Å². The Hall–Kier alpha value is -0.0800. The van der Waals surface area contributed by atoms with Crippen molar-refractivity contribution in [2.45, 2.75) is 115 Å². The molecule has 5 rings (SSSR count). The number of fused-ring (bicyclic) bond motifs is 3. The Kier molecular flexibility index (Phi) is 5.35. The van der Waals surface area contributed by atoms with Crippen molar-refractivity contribution in [3.63, 3.8) is 0 Å². The summed E-state index contributed by atoms with van der Waals surface area (Å²) in [6, 6.07) is 0. The van der Waals surface area contributed by atoms with E-state index in [4.69, 9.17) is 0 Å². The summed E-state index contributed by atoms with van der Waals surface area (Å²) in [7, 11) is 0. The average molecular weight is 375 g/mol. The highest BCUT2D eigenvalue weighted by molar-refractivity contribution is 5.13. The van der Waals surface area contributed by atoms with Gasteiger partial charge in [-0.05, 0) is 118 Å². The highest BCUT2D eigenvalue weighted by atomic mass is 16.3. The fraction of sp³-hybridized carbons (Fsp3) is 1.00. The van der Waals surface area contributed by atoms with Crippen LogP contribution >= 0.6 is 0 Å². The molecule has 5 saturated carbocycles. The van der Waals surface area contributed by atoms with Crippen LogP contribution in [0.4, 0.5) is 0 Å². The molecule has 0 heterocycles. The van der Waals surface area contributed by atoms with Crippen molar-refractivity contribution in [1.82, 2.24) is 0 Å². The van der Waals surface area contributed by atoms with Crippen LogP contribution in [0.25, 0.3) is 0 Å². The van der Waals surface area contributed by atoms with Crippen LogP contribution in [0.5, 0.6) is 0 Å². The van der Waals surface area contributed by atoms with E-state index < -0.39 is 0 Å². The molecule has 2 N–H and O–H groups in total. The lowest BCUT2D eigenvalue weighted by Gasteiger charge is -2.56. The Balaban J connectivity index is 1.55. The fourth-order valence-electron chi connectivity index (χ4n) is 9.56. The maximum atomic E-state index is 10.2. The number of hydrogen-bond donors (Lipinski definition) is 2. The summed E-state index contributed by atoms with van der Waals surface area (Å²) >= 11 is 0. The van der Waals surface area contributed by atoms with Crippen molar-refractivity contribution in [3.8, 4) is 0 Å². The monoisotopic (exact) mass is 374 g/mol. The fourth-order valence-corrected chi connectivity index (χ4v) is 9.56. The van der Waals surface area contributed by atoms with Crippen LogP contribution in [-0.2, 0) is 0 Å². The van der Waals surface area contributed by atoms with Gasteiger partial charge in [-0.1, -0.05) is 25.7 Å². The summed E-state index contributed by atoms with van der Waals surface area (Å²) < 4.78 is 0. The van der Waals surface area contributed by atoms with E-state index in [2.05, 4.69) is 0 Å². The molecule has 5 fully saturated rings. The molecule has 0 amide bonds. The predicted octanol–water partition coefficient (Wildman–Crippen LogP) is 5.70. The third-order valence-electron chi connectivity index (χ3n) is 10.3. The average Bonchev–Trinajstić information content (AvgIpc) is 3.01. The lowest BCUT2D eigenvalue weighted by Crippen LogP contribution is -2.50. The molecule has 4 atom stereocenters. The van der Waals surface area contributed by atoms with E-state index >= 15 is 0 Å². The van der Waals surface area contributed by atoms with Gasteiger partial charge in [0, 0.05) is 0 Å². The largest absolute Gasteiger partial charge is 0.393 e. The highest BCUT2D eigenvalue weighted by Gasteiger charge is 2.65. The van der Waals surface area contributed by atoms with E-state index in [0.29, 0.717) is 5.41 Å². The Morgan fingerprint density at radius 1 is 0.444 bits per heavy atom. The Morgan fingerprint density at radius 2 is 0.815 bits per heavy atom. The lowest BCUT2D eigenvalue weighted by atomic mass is 9.48. The highest BCUT2D eigenvalue weighted by Crippen LogP contribution is 2.71. The van der Waals surface area contributed by atoms with Crippen molar-refractivity contribution in [1.29, 1.82) is 0 Å². The van der Waals surface area contributed by atoms with Crippen LogP contribution in [0.15, 0.2) is 0 Å². The topological polar surface area (TPSA) is 40.5 Å². The zero-order valence-electron chi connectivity index (χ0n) is 17.3. The van der Waals surface area contributed by atoms with Gasteiger partial charge in [-0.25, -0.2) is 0 Å². The van der Waals surface area contributed by atoms with Gasteiger partial charge < -0.3 is 10.2 Å². The van der Waals surface area contributed by atoms with Crippen LogP contribution in [0.2, 0.25) is 0 Å². The SMILES string of the molecule is OC1CCC(C2(C3CCC(O)CC3)C3CCCCC3C3CCCCC32)CC1. The standard InChI is InChI=1S/C25H42O2/c26-19-13-9-17(10-14-19)25(18-11-15-20(27)16-12-18)23-7-3-1-5-21(23)22-6-2-4-8-24(22)25/h17-24,26-27H,1-16H2. The Labute approximate surface area is 166 Å². The minimum absolute atomic E-state index is 0.0304. The summed E-state index contributed by atoms with van der Waals surface area (Å²) in [4.78, 5) is 0. The van der Waals surface area contributed by atoms with Crippen LogP contribution < -0.4 is 0 Å². The molecule has 0 radical (unpaired) electrons. The second-order valence-corrected chi connectivity index (χ2v) is 11.1. The van der Waals surface area contributed by atoms with Gasteiger partial charge in [-0.3, -0.25) is 0 Å².